The van der Waals surface area contributed by atoms with Crippen molar-refractivity contribution in [2.75, 3.05) is 6.61 Å². The smallest absolute Gasteiger partial charge is 0.267 e. The van der Waals surface area contributed by atoms with Crippen LogP contribution < -0.4 is 16.6 Å². The summed E-state index contributed by atoms with van der Waals surface area (Å²) >= 11 is 0. The first kappa shape index (κ1) is 14.2. The number of halogens is 1. The van der Waals surface area contributed by atoms with Gasteiger partial charge in [0.05, 0.1) is 6.04 Å². The standard InChI is InChI=1S/C8H15N3O3.ClH/c1-5(9)7(12)10-11-8(13)6-3-2-4-14-6;/h5-6H,2-4,9H2,1H3,(H,10,12)(H,11,13);1H/t5-,6?;/m1./s1. The van der Waals surface area contributed by atoms with Crippen LogP contribution in [0.1, 0.15) is 19.8 Å². The fraction of sp³-hybridized carbons (Fsp3) is 0.750. The third-order valence-electron chi connectivity index (χ3n) is 1.94. The number of ether oxygens (including phenoxy) is 1. The number of hydrogen-bond acceptors (Lipinski definition) is 4. The van der Waals surface area contributed by atoms with E-state index in [1.165, 1.54) is 6.92 Å². The highest BCUT2D eigenvalue weighted by molar-refractivity contribution is 5.86. The topological polar surface area (TPSA) is 93.5 Å². The van der Waals surface area contributed by atoms with Gasteiger partial charge in [-0.05, 0) is 19.8 Å². The normalized spacial score (nSPS) is 21.3. The summed E-state index contributed by atoms with van der Waals surface area (Å²) in [7, 11) is 0. The van der Waals surface area contributed by atoms with Crippen molar-refractivity contribution in [1.29, 1.82) is 0 Å². The molecule has 0 aromatic carbocycles. The Morgan fingerprint density at radius 2 is 2.13 bits per heavy atom. The van der Waals surface area contributed by atoms with Crippen LogP contribution in [0.4, 0.5) is 0 Å². The van der Waals surface area contributed by atoms with Gasteiger partial charge in [-0.2, -0.15) is 0 Å². The molecule has 1 unspecified atom stereocenters. The molecule has 0 aromatic rings. The summed E-state index contributed by atoms with van der Waals surface area (Å²) in [6, 6.07) is -0.639. The highest BCUT2D eigenvalue weighted by Crippen LogP contribution is 2.11. The van der Waals surface area contributed by atoms with E-state index in [1.54, 1.807) is 0 Å². The average Bonchev–Trinajstić information content (AvgIpc) is 2.66. The average molecular weight is 238 g/mol. The van der Waals surface area contributed by atoms with E-state index >= 15 is 0 Å². The molecule has 1 aliphatic rings. The zero-order chi connectivity index (χ0) is 10.6. The van der Waals surface area contributed by atoms with Gasteiger partial charge in [0.25, 0.3) is 11.8 Å². The van der Waals surface area contributed by atoms with Crippen molar-refractivity contribution in [1.82, 2.24) is 10.9 Å². The molecule has 88 valence electrons. The van der Waals surface area contributed by atoms with Gasteiger partial charge in [0, 0.05) is 6.61 Å². The molecule has 0 aromatic heterocycles. The maximum Gasteiger partial charge on any atom is 0.267 e. The Morgan fingerprint density at radius 3 is 2.60 bits per heavy atom. The number of hydrazine groups is 1. The highest BCUT2D eigenvalue weighted by Gasteiger charge is 2.23. The molecule has 0 aliphatic carbocycles. The second kappa shape index (κ2) is 6.60. The van der Waals surface area contributed by atoms with Crippen molar-refractivity contribution in [2.45, 2.75) is 31.9 Å². The summed E-state index contributed by atoms with van der Waals surface area (Å²) in [6.07, 6.45) is 1.13. The van der Waals surface area contributed by atoms with Gasteiger partial charge in [-0.25, -0.2) is 0 Å². The predicted molar refractivity (Wildman–Crippen MR) is 56.2 cm³/mol. The zero-order valence-corrected chi connectivity index (χ0v) is 9.30. The Morgan fingerprint density at radius 1 is 1.47 bits per heavy atom. The molecular formula is C8H16ClN3O3. The van der Waals surface area contributed by atoms with Gasteiger partial charge in [-0.15, -0.1) is 12.4 Å². The van der Waals surface area contributed by atoms with Gasteiger partial charge in [-0.3, -0.25) is 20.4 Å². The van der Waals surface area contributed by atoms with Gasteiger partial charge in [0.2, 0.25) is 0 Å². The van der Waals surface area contributed by atoms with E-state index in [0.717, 1.165) is 6.42 Å². The largest absolute Gasteiger partial charge is 0.368 e. The lowest BCUT2D eigenvalue weighted by atomic mass is 10.2. The second-order valence-electron chi connectivity index (χ2n) is 3.27. The summed E-state index contributed by atoms with van der Waals surface area (Å²) < 4.78 is 5.11. The van der Waals surface area contributed by atoms with E-state index in [2.05, 4.69) is 10.9 Å². The molecule has 1 aliphatic heterocycles. The molecule has 0 radical (unpaired) electrons. The van der Waals surface area contributed by atoms with Crippen molar-refractivity contribution < 1.29 is 14.3 Å². The molecule has 4 N–H and O–H groups in total. The van der Waals surface area contributed by atoms with Crippen molar-refractivity contribution in [3.05, 3.63) is 0 Å². The maximum atomic E-state index is 11.3. The molecule has 6 nitrogen and oxygen atoms in total. The zero-order valence-electron chi connectivity index (χ0n) is 8.49. The Hall–Kier alpha value is -0.850. The Labute approximate surface area is 94.3 Å². The first-order chi connectivity index (χ1) is 6.61. The summed E-state index contributed by atoms with van der Waals surface area (Å²) in [5.41, 5.74) is 9.76. The number of rotatable bonds is 2. The van der Waals surface area contributed by atoms with Crippen LogP contribution in [-0.2, 0) is 14.3 Å². The number of carbonyl (C=O) groups is 2. The monoisotopic (exact) mass is 237 g/mol. The molecule has 0 saturated carbocycles. The molecule has 1 saturated heterocycles. The van der Waals surface area contributed by atoms with Crippen LogP contribution >= 0.6 is 12.4 Å². The first-order valence-electron chi connectivity index (χ1n) is 4.58. The van der Waals surface area contributed by atoms with Crippen molar-refractivity contribution >= 4 is 24.2 Å². The molecule has 7 heteroatoms. The summed E-state index contributed by atoms with van der Waals surface area (Å²) in [4.78, 5) is 22.3. The Bertz CT molecular complexity index is 229. The SMILES string of the molecule is C[C@@H](N)C(=O)NNC(=O)C1CCCO1.Cl. The molecule has 1 fully saturated rings. The Kier molecular flexibility index (Phi) is 6.23. The van der Waals surface area contributed by atoms with E-state index in [4.69, 9.17) is 10.5 Å². The lowest BCUT2D eigenvalue weighted by Gasteiger charge is -2.12. The van der Waals surface area contributed by atoms with Gasteiger partial charge in [0.1, 0.15) is 6.10 Å². The van der Waals surface area contributed by atoms with Crippen LogP contribution in [0, 0.1) is 0 Å². The second-order valence-corrected chi connectivity index (χ2v) is 3.27. The maximum absolute atomic E-state index is 11.3. The fourth-order valence-corrected chi connectivity index (χ4v) is 1.10. The minimum atomic E-state index is -0.639. The van der Waals surface area contributed by atoms with E-state index in [1.807, 2.05) is 0 Å². The molecule has 2 atom stereocenters. The highest BCUT2D eigenvalue weighted by atomic mass is 35.5. The Balaban J connectivity index is 0.00000196. The summed E-state index contributed by atoms with van der Waals surface area (Å²) in [5.74, 6) is -0.743. The molecule has 1 rings (SSSR count). The molecule has 15 heavy (non-hydrogen) atoms. The third kappa shape index (κ3) is 4.46. The quantitative estimate of drug-likeness (QED) is 0.542. The van der Waals surface area contributed by atoms with Gasteiger partial charge in [-0.1, -0.05) is 0 Å². The van der Waals surface area contributed by atoms with Crippen LogP contribution in [0.3, 0.4) is 0 Å². The minimum Gasteiger partial charge on any atom is -0.368 e. The molecular weight excluding hydrogens is 222 g/mol. The van der Waals surface area contributed by atoms with E-state index in [9.17, 15) is 9.59 Å². The van der Waals surface area contributed by atoms with Crippen molar-refractivity contribution in [3.8, 4) is 0 Å². The van der Waals surface area contributed by atoms with E-state index in [0.29, 0.717) is 13.0 Å². The number of nitrogens with one attached hydrogen (secondary N) is 2. The lowest BCUT2D eigenvalue weighted by Crippen LogP contribution is -2.50. The van der Waals surface area contributed by atoms with Crippen LogP contribution in [0.2, 0.25) is 0 Å². The fourth-order valence-electron chi connectivity index (χ4n) is 1.10. The van der Waals surface area contributed by atoms with Crippen LogP contribution in [0.25, 0.3) is 0 Å². The molecule has 2 amide bonds. The molecule has 1 heterocycles. The lowest BCUT2D eigenvalue weighted by molar-refractivity contribution is -0.135. The molecule has 0 spiro atoms. The van der Waals surface area contributed by atoms with E-state index < -0.39 is 18.1 Å². The number of nitrogens with two attached hydrogens (primary N) is 1. The van der Waals surface area contributed by atoms with Gasteiger partial charge in [0.15, 0.2) is 0 Å². The third-order valence-corrected chi connectivity index (χ3v) is 1.94. The summed E-state index contributed by atoms with van der Waals surface area (Å²) in [6.45, 7) is 2.13. The number of hydrogen-bond donors (Lipinski definition) is 3. The molecule has 0 bridgehead atoms. The van der Waals surface area contributed by atoms with Crippen LogP contribution in [0.15, 0.2) is 0 Å². The number of carbonyl (C=O) groups excluding carboxylic acids is 2. The number of amides is 2. The van der Waals surface area contributed by atoms with Crippen molar-refractivity contribution in [2.24, 2.45) is 5.73 Å². The van der Waals surface area contributed by atoms with Crippen LogP contribution in [-0.4, -0.2) is 30.6 Å². The predicted octanol–water partition coefficient (Wildman–Crippen LogP) is -0.918. The van der Waals surface area contributed by atoms with Crippen LogP contribution in [0.5, 0.6) is 0 Å². The van der Waals surface area contributed by atoms with Gasteiger partial charge >= 0.3 is 0 Å². The summed E-state index contributed by atoms with van der Waals surface area (Å²) in [5, 5.41) is 0. The van der Waals surface area contributed by atoms with Gasteiger partial charge < -0.3 is 10.5 Å². The van der Waals surface area contributed by atoms with E-state index in [-0.39, 0.29) is 18.3 Å². The van der Waals surface area contributed by atoms with Crippen molar-refractivity contribution in [3.63, 3.8) is 0 Å². The first-order valence-corrected chi connectivity index (χ1v) is 4.58. The minimum absolute atomic E-state index is 0.